The van der Waals surface area contributed by atoms with Crippen LogP contribution in [-0.4, -0.2) is 0 Å². The van der Waals surface area contributed by atoms with Gasteiger partial charge in [-0.05, 0) is 24.0 Å². The van der Waals surface area contributed by atoms with Crippen LogP contribution in [0.2, 0.25) is 0 Å². The number of hydrogen-bond acceptors (Lipinski definition) is 1. The Morgan fingerprint density at radius 3 is 2.44 bits per heavy atom. The first-order valence-corrected chi connectivity index (χ1v) is 7.44. The number of thiophene rings is 1. The lowest BCUT2D eigenvalue weighted by molar-refractivity contribution is 0.604. The molecule has 0 aliphatic carbocycles. The van der Waals surface area contributed by atoms with E-state index in [1.165, 1.54) is 29.0 Å². The highest BCUT2D eigenvalue weighted by molar-refractivity contribution is 7.12. The minimum atomic E-state index is 0.215. The molecule has 0 fully saturated rings. The summed E-state index contributed by atoms with van der Waals surface area (Å²) in [6, 6.07) is 4.43. The minimum absolute atomic E-state index is 0.215. The van der Waals surface area contributed by atoms with Gasteiger partial charge in [-0.3, -0.25) is 0 Å². The second-order valence-corrected chi connectivity index (χ2v) is 7.06. The molecule has 1 aromatic heterocycles. The maximum atomic E-state index is 6.42. The molecule has 1 rings (SSSR count). The third-order valence-corrected chi connectivity index (χ3v) is 4.94. The Bertz CT molecular complexity index is 309. The fourth-order valence-electron chi connectivity index (χ4n) is 1.64. The van der Waals surface area contributed by atoms with Crippen molar-refractivity contribution in [3.8, 4) is 0 Å². The van der Waals surface area contributed by atoms with Gasteiger partial charge in [0.15, 0.2) is 0 Å². The summed E-state index contributed by atoms with van der Waals surface area (Å²) in [5, 5.41) is 0.215. The zero-order chi connectivity index (χ0) is 12.2. The van der Waals surface area contributed by atoms with Crippen LogP contribution in [0.5, 0.6) is 0 Å². The van der Waals surface area contributed by atoms with Crippen molar-refractivity contribution in [2.45, 2.75) is 64.2 Å². The number of alkyl halides is 1. The van der Waals surface area contributed by atoms with Crippen LogP contribution in [0.25, 0.3) is 0 Å². The van der Waals surface area contributed by atoms with E-state index in [0.29, 0.717) is 0 Å². The molecule has 0 aliphatic rings. The van der Waals surface area contributed by atoms with Crippen LogP contribution in [0.3, 0.4) is 0 Å². The molecule has 2 heteroatoms. The second-order valence-electron chi connectivity index (χ2n) is 5.42. The van der Waals surface area contributed by atoms with Gasteiger partial charge >= 0.3 is 0 Å². The molecule has 0 saturated carbocycles. The maximum absolute atomic E-state index is 6.42. The maximum Gasteiger partial charge on any atom is 0.0678 e. The van der Waals surface area contributed by atoms with Crippen molar-refractivity contribution < 1.29 is 0 Å². The van der Waals surface area contributed by atoms with Gasteiger partial charge in [-0.25, -0.2) is 0 Å². The highest BCUT2D eigenvalue weighted by Gasteiger charge is 2.18. The fourth-order valence-corrected chi connectivity index (χ4v) is 3.08. The third-order valence-electron chi connectivity index (χ3n) is 2.74. The summed E-state index contributed by atoms with van der Waals surface area (Å²) >= 11 is 8.29. The van der Waals surface area contributed by atoms with Gasteiger partial charge in [0, 0.05) is 9.75 Å². The number of unbranched alkanes of at least 4 members (excludes halogenated alkanes) is 2. The van der Waals surface area contributed by atoms with Gasteiger partial charge in [0.1, 0.15) is 0 Å². The summed E-state index contributed by atoms with van der Waals surface area (Å²) in [4.78, 5) is 2.77. The normalized spacial score (nSPS) is 14.1. The summed E-state index contributed by atoms with van der Waals surface area (Å²) in [6.45, 7) is 8.99. The summed E-state index contributed by atoms with van der Waals surface area (Å²) in [5.41, 5.74) is 0.253. The van der Waals surface area contributed by atoms with Crippen molar-refractivity contribution in [2.24, 2.45) is 0 Å². The van der Waals surface area contributed by atoms with Gasteiger partial charge in [0.2, 0.25) is 0 Å². The quantitative estimate of drug-likeness (QED) is 0.455. The first-order chi connectivity index (χ1) is 7.45. The van der Waals surface area contributed by atoms with Gasteiger partial charge in [0.05, 0.1) is 5.38 Å². The van der Waals surface area contributed by atoms with Crippen molar-refractivity contribution >= 4 is 22.9 Å². The van der Waals surface area contributed by atoms with Crippen molar-refractivity contribution in [3.05, 3.63) is 21.9 Å². The molecule has 0 radical (unpaired) electrons. The summed E-state index contributed by atoms with van der Waals surface area (Å²) < 4.78 is 0. The van der Waals surface area contributed by atoms with Gasteiger partial charge in [-0.2, -0.15) is 0 Å². The molecule has 92 valence electrons. The molecule has 16 heavy (non-hydrogen) atoms. The Labute approximate surface area is 109 Å². The van der Waals surface area contributed by atoms with E-state index in [4.69, 9.17) is 11.6 Å². The molecule has 0 aromatic carbocycles. The molecule has 0 spiro atoms. The summed E-state index contributed by atoms with van der Waals surface area (Å²) in [7, 11) is 0. The minimum Gasteiger partial charge on any atom is -0.143 e. The average Bonchev–Trinajstić information content (AvgIpc) is 2.66. The SMILES string of the molecule is CCCCCC(Cl)c1ccc(C(C)(C)C)s1. The van der Waals surface area contributed by atoms with Crippen LogP contribution in [0.15, 0.2) is 12.1 Å². The molecular formula is C14H23ClS. The van der Waals surface area contributed by atoms with Crippen LogP contribution in [-0.2, 0) is 5.41 Å². The van der Waals surface area contributed by atoms with E-state index in [2.05, 4.69) is 39.8 Å². The first-order valence-electron chi connectivity index (χ1n) is 6.19. The number of hydrogen-bond donors (Lipinski definition) is 0. The van der Waals surface area contributed by atoms with E-state index in [1.54, 1.807) is 0 Å². The van der Waals surface area contributed by atoms with Crippen LogP contribution in [0.1, 0.15) is 68.5 Å². The van der Waals surface area contributed by atoms with E-state index in [-0.39, 0.29) is 10.8 Å². The Morgan fingerprint density at radius 2 is 1.94 bits per heavy atom. The van der Waals surface area contributed by atoms with Crippen molar-refractivity contribution in [2.75, 3.05) is 0 Å². The van der Waals surface area contributed by atoms with Gasteiger partial charge in [-0.1, -0.05) is 47.0 Å². The molecule has 0 N–H and O–H groups in total. The molecule has 1 aromatic rings. The zero-order valence-corrected chi connectivity index (χ0v) is 12.4. The molecule has 0 aliphatic heterocycles. The summed E-state index contributed by atoms with van der Waals surface area (Å²) in [5.74, 6) is 0. The Kier molecular flexibility index (Phi) is 5.33. The number of halogens is 1. The lowest BCUT2D eigenvalue weighted by atomic mass is 9.95. The largest absolute Gasteiger partial charge is 0.143 e. The van der Waals surface area contributed by atoms with E-state index in [9.17, 15) is 0 Å². The molecule has 1 atom stereocenters. The molecule has 0 nitrogen and oxygen atoms in total. The molecule has 0 amide bonds. The molecule has 0 saturated heterocycles. The van der Waals surface area contributed by atoms with Crippen LogP contribution >= 0.6 is 22.9 Å². The molecule has 1 unspecified atom stereocenters. The highest BCUT2D eigenvalue weighted by atomic mass is 35.5. The topological polar surface area (TPSA) is 0 Å². The predicted octanol–water partition coefficient (Wildman–Crippen LogP) is 5.91. The highest BCUT2D eigenvalue weighted by Crippen LogP contribution is 2.36. The first kappa shape index (κ1) is 14.1. The fraction of sp³-hybridized carbons (Fsp3) is 0.714. The van der Waals surface area contributed by atoms with Crippen LogP contribution in [0.4, 0.5) is 0 Å². The average molecular weight is 259 g/mol. The van der Waals surface area contributed by atoms with E-state index >= 15 is 0 Å². The zero-order valence-electron chi connectivity index (χ0n) is 10.8. The third kappa shape index (κ3) is 4.10. The summed E-state index contributed by atoms with van der Waals surface area (Å²) in [6.07, 6.45) is 4.91. The molecule has 0 bridgehead atoms. The second kappa shape index (κ2) is 6.07. The standard InChI is InChI=1S/C14H23ClS/c1-5-6-7-8-11(15)12-9-10-13(16-12)14(2,3)4/h9-11H,5-8H2,1-4H3. The van der Waals surface area contributed by atoms with E-state index in [0.717, 1.165) is 6.42 Å². The van der Waals surface area contributed by atoms with E-state index in [1.807, 2.05) is 11.3 Å². The van der Waals surface area contributed by atoms with Crippen LogP contribution < -0.4 is 0 Å². The smallest absolute Gasteiger partial charge is 0.0678 e. The van der Waals surface area contributed by atoms with Crippen molar-refractivity contribution in [1.82, 2.24) is 0 Å². The van der Waals surface area contributed by atoms with Crippen molar-refractivity contribution in [3.63, 3.8) is 0 Å². The Hall–Kier alpha value is -0.0100. The van der Waals surface area contributed by atoms with Gasteiger partial charge in [-0.15, -0.1) is 22.9 Å². The molecule has 1 heterocycles. The lowest BCUT2D eigenvalue weighted by Gasteiger charge is -2.15. The van der Waals surface area contributed by atoms with Gasteiger partial charge < -0.3 is 0 Å². The van der Waals surface area contributed by atoms with Crippen molar-refractivity contribution in [1.29, 1.82) is 0 Å². The Balaban J connectivity index is 2.56. The van der Waals surface area contributed by atoms with Gasteiger partial charge in [0.25, 0.3) is 0 Å². The predicted molar refractivity (Wildman–Crippen MR) is 75.8 cm³/mol. The molecular weight excluding hydrogens is 236 g/mol. The lowest BCUT2D eigenvalue weighted by Crippen LogP contribution is -2.07. The van der Waals surface area contributed by atoms with Crippen LogP contribution in [0, 0.1) is 0 Å². The van der Waals surface area contributed by atoms with E-state index < -0.39 is 0 Å². The Morgan fingerprint density at radius 1 is 1.25 bits per heavy atom. The number of rotatable bonds is 5. The monoisotopic (exact) mass is 258 g/mol.